The van der Waals surface area contributed by atoms with Crippen molar-refractivity contribution in [3.63, 3.8) is 0 Å². The Morgan fingerprint density at radius 1 is 0.917 bits per heavy atom. The highest BCUT2D eigenvalue weighted by Crippen LogP contribution is 2.38. The second-order valence-corrected chi connectivity index (χ2v) is 9.37. The lowest BCUT2D eigenvalue weighted by Crippen LogP contribution is -2.40. The Hall–Kier alpha value is -1.07. The summed E-state index contributed by atoms with van der Waals surface area (Å²) >= 11 is 0. The molecule has 1 saturated heterocycles. The van der Waals surface area contributed by atoms with E-state index >= 15 is 0 Å². The SMILES string of the molecule is COc1ccc(S(=O)(=O)N2CCC(C3CCC(C)CC3)CC2)cc1. The second-order valence-electron chi connectivity index (χ2n) is 7.44. The molecule has 1 saturated carbocycles. The van der Waals surface area contributed by atoms with E-state index in [-0.39, 0.29) is 0 Å². The molecular formula is C19H29NO3S. The summed E-state index contributed by atoms with van der Waals surface area (Å²) in [5.41, 5.74) is 0. The molecule has 5 heteroatoms. The number of sulfonamides is 1. The molecule has 0 N–H and O–H groups in total. The van der Waals surface area contributed by atoms with Gasteiger partial charge in [-0.2, -0.15) is 4.31 Å². The average molecular weight is 352 g/mol. The average Bonchev–Trinajstić information content (AvgIpc) is 2.62. The van der Waals surface area contributed by atoms with Crippen molar-refractivity contribution < 1.29 is 13.2 Å². The summed E-state index contributed by atoms with van der Waals surface area (Å²) in [6, 6.07) is 6.71. The van der Waals surface area contributed by atoms with Crippen molar-refractivity contribution in [2.24, 2.45) is 17.8 Å². The Kier molecular flexibility index (Phi) is 5.50. The summed E-state index contributed by atoms with van der Waals surface area (Å²) < 4.78 is 32.4. The van der Waals surface area contributed by atoms with Gasteiger partial charge in [-0.3, -0.25) is 0 Å². The molecule has 1 heterocycles. The number of methoxy groups -OCH3 is 1. The van der Waals surface area contributed by atoms with Crippen LogP contribution in [0.2, 0.25) is 0 Å². The lowest BCUT2D eigenvalue weighted by molar-refractivity contribution is 0.153. The molecule has 1 aliphatic carbocycles. The molecule has 1 aliphatic heterocycles. The maximum Gasteiger partial charge on any atom is 0.243 e. The highest BCUT2D eigenvalue weighted by atomic mass is 32.2. The predicted octanol–water partition coefficient (Wildman–Crippen LogP) is 3.92. The molecule has 1 aromatic rings. The lowest BCUT2D eigenvalue weighted by Gasteiger charge is -2.38. The first-order chi connectivity index (χ1) is 11.5. The van der Waals surface area contributed by atoms with Crippen molar-refractivity contribution in [3.8, 4) is 5.75 Å². The van der Waals surface area contributed by atoms with Crippen LogP contribution in [0.1, 0.15) is 45.4 Å². The van der Waals surface area contributed by atoms with E-state index in [9.17, 15) is 8.42 Å². The molecule has 2 fully saturated rings. The van der Waals surface area contributed by atoms with Gasteiger partial charge in [0.1, 0.15) is 5.75 Å². The quantitative estimate of drug-likeness (QED) is 0.826. The minimum absolute atomic E-state index is 0.369. The van der Waals surface area contributed by atoms with Gasteiger partial charge in [0.25, 0.3) is 0 Å². The van der Waals surface area contributed by atoms with Crippen molar-refractivity contribution in [1.29, 1.82) is 0 Å². The second kappa shape index (κ2) is 7.44. The van der Waals surface area contributed by atoms with E-state index in [1.165, 1.54) is 25.7 Å². The van der Waals surface area contributed by atoms with E-state index in [0.717, 1.165) is 24.7 Å². The van der Waals surface area contributed by atoms with E-state index in [0.29, 0.717) is 29.7 Å². The first-order valence-electron chi connectivity index (χ1n) is 9.15. The first-order valence-corrected chi connectivity index (χ1v) is 10.6. The van der Waals surface area contributed by atoms with Gasteiger partial charge in [0.2, 0.25) is 10.0 Å². The summed E-state index contributed by atoms with van der Waals surface area (Å²) in [6.07, 6.45) is 7.36. The van der Waals surface area contributed by atoms with Crippen molar-refractivity contribution >= 4 is 10.0 Å². The lowest BCUT2D eigenvalue weighted by atomic mass is 9.73. The van der Waals surface area contributed by atoms with Gasteiger partial charge in [-0.15, -0.1) is 0 Å². The first kappa shape index (κ1) is 17.7. The van der Waals surface area contributed by atoms with Gasteiger partial charge in [0.05, 0.1) is 12.0 Å². The van der Waals surface area contributed by atoms with E-state index in [1.54, 1.807) is 35.7 Å². The van der Waals surface area contributed by atoms with Crippen molar-refractivity contribution in [3.05, 3.63) is 24.3 Å². The van der Waals surface area contributed by atoms with Crippen molar-refractivity contribution in [2.75, 3.05) is 20.2 Å². The minimum atomic E-state index is -3.37. The number of hydrogen-bond acceptors (Lipinski definition) is 3. The molecule has 1 aromatic carbocycles. The maximum atomic E-state index is 12.8. The number of benzene rings is 1. The zero-order valence-corrected chi connectivity index (χ0v) is 15.6. The number of ether oxygens (including phenoxy) is 1. The van der Waals surface area contributed by atoms with Gasteiger partial charge in [-0.1, -0.05) is 19.8 Å². The van der Waals surface area contributed by atoms with Crippen LogP contribution in [0.5, 0.6) is 5.75 Å². The van der Waals surface area contributed by atoms with Crippen LogP contribution in [-0.2, 0) is 10.0 Å². The van der Waals surface area contributed by atoms with Crippen LogP contribution >= 0.6 is 0 Å². The summed E-state index contributed by atoms with van der Waals surface area (Å²) in [6.45, 7) is 3.66. The molecular weight excluding hydrogens is 322 g/mol. The third-order valence-corrected chi connectivity index (χ3v) is 7.84. The normalized spacial score (nSPS) is 27.1. The number of hydrogen-bond donors (Lipinski definition) is 0. The Labute approximate surface area is 146 Å². The zero-order chi connectivity index (χ0) is 17.2. The Morgan fingerprint density at radius 3 is 2.00 bits per heavy atom. The molecule has 4 nitrogen and oxygen atoms in total. The fourth-order valence-corrected chi connectivity index (χ4v) is 5.71. The van der Waals surface area contributed by atoms with Gasteiger partial charge in [0.15, 0.2) is 0 Å². The summed E-state index contributed by atoms with van der Waals surface area (Å²) in [4.78, 5) is 0.369. The van der Waals surface area contributed by atoms with Crippen LogP contribution < -0.4 is 4.74 Å². The largest absolute Gasteiger partial charge is 0.497 e. The number of piperidine rings is 1. The fourth-order valence-electron chi connectivity index (χ4n) is 4.24. The molecule has 0 unspecified atom stereocenters. The molecule has 24 heavy (non-hydrogen) atoms. The van der Waals surface area contributed by atoms with Crippen LogP contribution in [0.4, 0.5) is 0 Å². The van der Waals surface area contributed by atoms with Gasteiger partial charge in [0, 0.05) is 13.1 Å². The van der Waals surface area contributed by atoms with E-state index in [1.807, 2.05) is 0 Å². The van der Waals surface area contributed by atoms with Gasteiger partial charge in [-0.25, -0.2) is 8.42 Å². The molecule has 2 aliphatic rings. The van der Waals surface area contributed by atoms with Crippen LogP contribution in [0.15, 0.2) is 29.2 Å². The standard InChI is InChI=1S/C19H29NO3S/c1-15-3-5-16(6-4-15)17-11-13-20(14-12-17)24(21,22)19-9-7-18(23-2)8-10-19/h7-10,15-17H,3-6,11-14H2,1-2H3. The maximum absolute atomic E-state index is 12.8. The van der Waals surface area contributed by atoms with Gasteiger partial charge < -0.3 is 4.74 Å². The van der Waals surface area contributed by atoms with E-state index in [2.05, 4.69) is 6.92 Å². The molecule has 0 atom stereocenters. The monoisotopic (exact) mass is 351 g/mol. The van der Waals surface area contributed by atoms with Crippen LogP contribution in [0.3, 0.4) is 0 Å². The Bertz CT molecular complexity index is 625. The van der Waals surface area contributed by atoms with Crippen LogP contribution in [0.25, 0.3) is 0 Å². The Morgan fingerprint density at radius 2 is 1.46 bits per heavy atom. The number of nitrogens with zero attached hydrogens (tertiary/aromatic N) is 1. The third kappa shape index (κ3) is 3.77. The summed E-state index contributed by atoms with van der Waals surface area (Å²) in [7, 11) is -1.79. The third-order valence-electron chi connectivity index (χ3n) is 5.92. The summed E-state index contributed by atoms with van der Waals surface area (Å²) in [5.74, 6) is 3.07. The van der Waals surface area contributed by atoms with Gasteiger partial charge in [-0.05, 0) is 67.7 Å². The van der Waals surface area contributed by atoms with Crippen LogP contribution in [-0.4, -0.2) is 32.9 Å². The molecule has 0 radical (unpaired) electrons. The highest BCUT2D eigenvalue weighted by Gasteiger charge is 2.33. The smallest absolute Gasteiger partial charge is 0.243 e. The summed E-state index contributed by atoms with van der Waals surface area (Å²) in [5, 5.41) is 0. The molecule has 0 amide bonds. The highest BCUT2D eigenvalue weighted by molar-refractivity contribution is 7.89. The van der Waals surface area contributed by atoms with Gasteiger partial charge >= 0.3 is 0 Å². The number of rotatable bonds is 4. The van der Waals surface area contributed by atoms with E-state index < -0.39 is 10.0 Å². The van der Waals surface area contributed by atoms with E-state index in [4.69, 9.17) is 4.74 Å². The van der Waals surface area contributed by atoms with Crippen LogP contribution in [0, 0.1) is 17.8 Å². The zero-order valence-electron chi connectivity index (χ0n) is 14.8. The van der Waals surface area contributed by atoms with Crippen molar-refractivity contribution in [1.82, 2.24) is 4.31 Å². The minimum Gasteiger partial charge on any atom is -0.497 e. The molecule has 0 spiro atoms. The topological polar surface area (TPSA) is 46.6 Å². The Balaban J connectivity index is 1.60. The molecule has 134 valence electrons. The molecule has 0 aromatic heterocycles. The fraction of sp³-hybridized carbons (Fsp3) is 0.684. The molecule has 0 bridgehead atoms. The molecule has 3 rings (SSSR count). The predicted molar refractivity (Wildman–Crippen MR) is 95.6 cm³/mol. The van der Waals surface area contributed by atoms with Crippen molar-refractivity contribution in [2.45, 2.75) is 50.3 Å².